The van der Waals surface area contributed by atoms with E-state index in [9.17, 15) is 14.0 Å². The predicted octanol–water partition coefficient (Wildman–Crippen LogP) is 3.10. The van der Waals surface area contributed by atoms with Crippen molar-refractivity contribution >= 4 is 29.3 Å². The second kappa shape index (κ2) is 7.69. The van der Waals surface area contributed by atoms with Gasteiger partial charge in [-0.25, -0.2) is 9.18 Å². The number of carboxylic acids is 1. The molecule has 1 rings (SSSR count). The summed E-state index contributed by atoms with van der Waals surface area (Å²) in [5.74, 6) is -2.14. The Kier molecular flexibility index (Phi) is 6.24. The van der Waals surface area contributed by atoms with Gasteiger partial charge in [0.2, 0.25) is 0 Å². The number of carboxylic acid groups (broad SMARTS) is 1. The molecule has 0 fully saturated rings. The van der Waals surface area contributed by atoms with Gasteiger partial charge in [-0.2, -0.15) is 0 Å². The van der Waals surface area contributed by atoms with Crippen molar-refractivity contribution in [2.45, 2.75) is 19.8 Å². The lowest BCUT2D eigenvalue weighted by molar-refractivity contribution is -0.141. The smallest absolute Gasteiger partial charge is 0.319 e. The van der Waals surface area contributed by atoms with Crippen LogP contribution in [0, 0.1) is 11.7 Å². The van der Waals surface area contributed by atoms with E-state index in [4.69, 9.17) is 16.7 Å². The Labute approximate surface area is 121 Å². The van der Waals surface area contributed by atoms with Gasteiger partial charge in [-0.05, 0) is 24.6 Å². The third-order valence-corrected chi connectivity index (χ3v) is 3.00. The van der Waals surface area contributed by atoms with Gasteiger partial charge in [0.1, 0.15) is 5.82 Å². The summed E-state index contributed by atoms with van der Waals surface area (Å²) >= 11 is 5.80. The standard InChI is InChI=1S/C13H16ClFN2O3/c1-2-3-8(12(18)19)7-16-13(20)17-11-6-9(15)4-5-10(11)14/h4-6,8H,2-3,7H2,1H3,(H,18,19)(H2,16,17,20). The molecule has 3 N–H and O–H groups in total. The summed E-state index contributed by atoms with van der Waals surface area (Å²) in [7, 11) is 0. The minimum absolute atomic E-state index is 0.00193. The quantitative estimate of drug-likeness (QED) is 0.755. The Bertz CT molecular complexity index is 497. The molecule has 0 aliphatic rings. The van der Waals surface area contributed by atoms with Crippen LogP contribution in [0.4, 0.5) is 14.9 Å². The second-order valence-corrected chi connectivity index (χ2v) is 4.69. The number of amides is 2. The fourth-order valence-electron chi connectivity index (χ4n) is 1.64. The highest BCUT2D eigenvalue weighted by atomic mass is 35.5. The number of carbonyl (C=O) groups is 2. The molecule has 1 aromatic rings. The predicted molar refractivity (Wildman–Crippen MR) is 74.5 cm³/mol. The van der Waals surface area contributed by atoms with Gasteiger partial charge < -0.3 is 15.7 Å². The molecule has 1 aromatic carbocycles. The molecule has 1 atom stereocenters. The molecule has 0 bridgehead atoms. The fraction of sp³-hybridized carbons (Fsp3) is 0.385. The van der Waals surface area contributed by atoms with Crippen LogP contribution in [0.1, 0.15) is 19.8 Å². The maximum Gasteiger partial charge on any atom is 0.319 e. The van der Waals surface area contributed by atoms with Crippen molar-refractivity contribution in [2.75, 3.05) is 11.9 Å². The van der Waals surface area contributed by atoms with E-state index in [2.05, 4.69) is 10.6 Å². The van der Waals surface area contributed by atoms with Gasteiger partial charge in [-0.3, -0.25) is 4.79 Å². The first-order chi connectivity index (χ1) is 9.43. The van der Waals surface area contributed by atoms with E-state index in [0.29, 0.717) is 12.8 Å². The first-order valence-corrected chi connectivity index (χ1v) is 6.54. The normalized spacial score (nSPS) is 11.8. The summed E-state index contributed by atoms with van der Waals surface area (Å²) in [5, 5.41) is 13.9. The molecule has 0 saturated carbocycles. The van der Waals surface area contributed by atoms with E-state index in [-0.39, 0.29) is 17.3 Å². The SMILES string of the molecule is CCCC(CNC(=O)Nc1cc(F)ccc1Cl)C(=O)O. The molecule has 110 valence electrons. The van der Waals surface area contributed by atoms with Crippen LogP contribution >= 0.6 is 11.6 Å². The van der Waals surface area contributed by atoms with Gasteiger partial charge in [0.15, 0.2) is 0 Å². The Morgan fingerprint density at radius 1 is 1.45 bits per heavy atom. The van der Waals surface area contributed by atoms with Crippen LogP contribution in [-0.2, 0) is 4.79 Å². The molecule has 0 saturated heterocycles. The first kappa shape index (κ1) is 16.2. The summed E-state index contributed by atoms with van der Waals surface area (Å²) in [6.45, 7) is 1.87. The number of carbonyl (C=O) groups excluding carboxylic acids is 1. The number of urea groups is 1. The lowest BCUT2D eigenvalue weighted by Gasteiger charge is -2.13. The Morgan fingerprint density at radius 3 is 2.75 bits per heavy atom. The topological polar surface area (TPSA) is 78.4 Å². The van der Waals surface area contributed by atoms with Gasteiger partial charge in [0.25, 0.3) is 0 Å². The van der Waals surface area contributed by atoms with Gasteiger partial charge in [0.05, 0.1) is 16.6 Å². The molecular weight excluding hydrogens is 287 g/mol. The molecular formula is C13H16ClFN2O3. The molecule has 0 aromatic heterocycles. The van der Waals surface area contributed by atoms with Crippen molar-refractivity contribution in [1.29, 1.82) is 0 Å². The number of anilines is 1. The lowest BCUT2D eigenvalue weighted by atomic mass is 10.0. The second-order valence-electron chi connectivity index (χ2n) is 4.28. The van der Waals surface area contributed by atoms with E-state index in [1.54, 1.807) is 0 Å². The highest BCUT2D eigenvalue weighted by Gasteiger charge is 2.17. The van der Waals surface area contributed by atoms with Crippen LogP contribution in [0.25, 0.3) is 0 Å². The fourth-order valence-corrected chi connectivity index (χ4v) is 1.80. The summed E-state index contributed by atoms with van der Waals surface area (Å²) < 4.78 is 13.0. The number of halogens is 2. The third kappa shape index (κ3) is 5.05. The number of rotatable bonds is 6. The number of nitrogens with one attached hydrogen (secondary N) is 2. The van der Waals surface area contributed by atoms with E-state index in [1.807, 2.05) is 6.92 Å². The lowest BCUT2D eigenvalue weighted by Crippen LogP contribution is -2.35. The Balaban J connectivity index is 2.55. The highest BCUT2D eigenvalue weighted by Crippen LogP contribution is 2.22. The zero-order valence-corrected chi connectivity index (χ0v) is 11.7. The van der Waals surface area contributed by atoms with E-state index < -0.39 is 23.7 Å². The Morgan fingerprint density at radius 2 is 2.15 bits per heavy atom. The van der Waals surface area contributed by atoms with Crippen molar-refractivity contribution in [3.63, 3.8) is 0 Å². The van der Waals surface area contributed by atoms with Crippen molar-refractivity contribution < 1.29 is 19.1 Å². The zero-order chi connectivity index (χ0) is 15.1. The highest BCUT2D eigenvalue weighted by molar-refractivity contribution is 6.33. The largest absolute Gasteiger partial charge is 0.481 e. The van der Waals surface area contributed by atoms with Gasteiger partial charge in [-0.15, -0.1) is 0 Å². The molecule has 0 radical (unpaired) electrons. The van der Waals surface area contributed by atoms with Gasteiger partial charge in [-0.1, -0.05) is 24.9 Å². The third-order valence-electron chi connectivity index (χ3n) is 2.67. The van der Waals surface area contributed by atoms with Crippen molar-refractivity contribution in [1.82, 2.24) is 5.32 Å². The number of benzene rings is 1. The number of hydrogen-bond acceptors (Lipinski definition) is 2. The minimum atomic E-state index is -0.962. The van der Waals surface area contributed by atoms with E-state index >= 15 is 0 Å². The van der Waals surface area contributed by atoms with Crippen LogP contribution in [0.5, 0.6) is 0 Å². The van der Waals surface area contributed by atoms with Crippen LogP contribution < -0.4 is 10.6 Å². The zero-order valence-electron chi connectivity index (χ0n) is 11.0. The maximum atomic E-state index is 13.0. The van der Waals surface area contributed by atoms with Crippen LogP contribution in [-0.4, -0.2) is 23.7 Å². The molecule has 0 spiro atoms. The van der Waals surface area contributed by atoms with E-state index in [1.165, 1.54) is 12.1 Å². The van der Waals surface area contributed by atoms with E-state index in [0.717, 1.165) is 6.07 Å². The summed E-state index contributed by atoms with van der Waals surface area (Å²) in [5.41, 5.74) is 0.131. The molecule has 20 heavy (non-hydrogen) atoms. The van der Waals surface area contributed by atoms with Gasteiger partial charge in [0, 0.05) is 6.54 Å². The van der Waals surface area contributed by atoms with Crippen molar-refractivity contribution in [3.8, 4) is 0 Å². The average Bonchev–Trinajstić information content (AvgIpc) is 2.38. The molecule has 0 aliphatic carbocycles. The summed E-state index contributed by atoms with van der Waals surface area (Å²) in [6, 6.07) is 2.96. The summed E-state index contributed by atoms with van der Waals surface area (Å²) in [6.07, 6.45) is 1.17. The van der Waals surface area contributed by atoms with Crippen molar-refractivity contribution in [2.24, 2.45) is 5.92 Å². The molecule has 1 unspecified atom stereocenters. The monoisotopic (exact) mass is 302 g/mol. The number of hydrogen-bond donors (Lipinski definition) is 3. The minimum Gasteiger partial charge on any atom is -0.481 e. The van der Waals surface area contributed by atoms with Gasteiger partial charge >= 0.3 is 12.0 Å². The molecule has 7 heteroatoms. The van der Waals surface area contributed by atoms with Crippen LogP contribution in [0.2, 0.25) is 5.02 Å². The summed E-state index contributed by atoms with van der Waals surface area (Å²) in [4.78, 5) is 22.5. The molecule has 0 heterocycles. The van der Waals surface area contributed by atoms with Crippen LogP contribution in [0.15, 0.2) is 18.2 Å². The molecule has 5 nitrogen and oxygen atoms in total. The number of aliphatic carboxylic acids is 1. The van der Waals surface area contributed by atoms with Crippen molar-refractivity contribution in [3.05, 3.63) is 29.0 Å². The Hall–Kier alpha value is -1.82. The maximum absolute atomic E-state index is 13.0. The van der Waals surface area contributed by atoms with Crippen LogP contribution in [0.3, 0.4) is 0 Å². The first-order valence-electron chi connectivity index (χ1n) is 6.16. The molecule has 0 aliphatic heterocycles. The average molecular weight is 303 g/mol. The molecule has 2 amide bonds.